The molecule has 94 valence electrons. The fourth-order valence-corrected chi connectivity index (χ4v) is 2.89. The van der Waals surface area contributed by atoms with Crippen LogP contribution >= 0.6 is 10.7 Å². The van der Waals surface area contributed by atoms with Crippen molar-refractivity contribution in [3.05, 3.63) is 23.7 Å². The van der Waals surface area contributed by atoms with Gasteiger partial charge in [0.2, 0.25) is 15.0 Å². The second-order valence-electron chi connectivity index (χ2n) is 4.09. The van der Waals surface area contributed by atoms with Gasteiger partial charge < -0.3 is 9.32 Å². The van der Waals surface area contributed by atoms with E-state index in [9.17, 15) is 13.2 Å². The molecule has 0 N–H and O–H groups in total. The zero-order valence-electron chi connectivity index (χ0n) is 9.22. The fourth-order valence-electron chi connectivity index (χ4n) is 1.84. The molecule has 2 heterocycles. The molecule has 5 nitrogen and oxygen atoms in total. The summed E-state index contributed by atoms with van der Waals surface area (Å²) in [6.45, 7) is 2.22. The molecule has 0 spiro atoms. The minimum atomic E-state index is -3.68. The largest absolute Gasteiger partial charge is 0.464 e. The summed E-state index contributed by atoms with van der Waals surface area (Å²) in [6, 6.07) is 3.57. The predicted octanol–water partition coefficient (Wildman–Crippen LogP) is 1.26. The van der Waals surface area contributed by atoms with Crippen LogP contribution in [0, 0.1) is 6.92 Å². The van der Waals surface area contributed by atoms with Crippen LogP contribution in [0.25, 0.3) is 0 Å². The molecule has 17 heavy (non-hydrogen) atoms. The first-order valence-electron chi connectivity index (χ1n) is 5.13. The summed E-state index contributed by atoms with van der Waals surface area (Å²) < 4.78 is 27.6. The zero-order chi connectivity index (χ0) is 12.6. The molecule has 1 amide bonds. The summed E-state index contributed by atoms with van der Waals surface area (Å²) in [5.74, 6) is 1.19. The Morgan fingerprint density at radius 2 is 2.24 bits per heavy atom. The van der Waals surface area contributed by atoms with E-state index in [1.165, 1.54) is 4.90 Å². The highest BCUT2D eigenvalue weighted by Gasteiger charge is 2.37. The molecule has 1 unspecified atom stereocenters. The van der Waals surface area contributed by atoms with Crippen LogP contribution < -0.4 is 0 Å². The molecular weight excluding hydrogens is 266 g/mol. The Hall–Kier alpha value is -1.01. The lowest BCUT2D eigenvalue weighted by Crippen LogP contribution is -2.26. The van der Waals surface area contributed by atoms with Crippen molar-refractivity contribution in [1.82, 2.24) is 4.90 Å². The predicted molar refractivity (Wildman–Crippen MR) is 62.0 cm³/mol. The van der Waals surface area contributed by atoms with Crippen molar-refractivity contribution in [3.8, 4) is 0 Å². The highest BCUT2D eigenvalue weighted by Crippen LogP contribution is 2.23. The Labute approximate surface area is 104 Å². The maximum atomic E-state index is 11.6. The molecule has 1 aromatic heterocycles. The quantitative estimate of drug-likeness (QED) is 0.780. The van der Waals surface area contributed by atoms with Gasteiger partial charge in [-0.3, -0.25) is 4.79 Å². The summed E-state index contributed by atoms with van der Waals surface area (Å²) in [6.07, 6.45) is -0.0501. The van der Waals surface area contributed by atoms with Crippen molar-refractivity contribution in [1.29, 1.82) is 0 Å². The van der Waals surface area contributed by atoms with Gasteiger partial charge in [-0.1, -0.05) is 0 Å². The monoisotopic (exact) mass is 277 g/mol. The second kappa shape index (κ2) is 4.34. The third kappa shape index (κ3) is 2.81. The molecule has 2 rings (SSSR count). The molecule has 1 aliphatic heterocycles. The fraction of sp³-hybridized carbons (Fsp3) is 0.500. The number of nitrogens with zero attached hydrogens (tertiary/aromatic N) is 1. The van der Waals surface area contributed by atoms with Crippen molar-refractivity contribution in [2.24, 2.45) is 0 Å². The van der Waals surface area contributed by atoms with E-state index in [-0.39, 0.29) is 25.4 Å². The van der Waals surface area contributed by atoms with Crippen molar-refractivity contribution in [2.75, 3.05) is 6.54 Å². The first-order chi connectivity index (χ1) is 7.86. The number of aryl methyl sites for hydroxylation is 1. The van der Waals surface area contributed by atoms with Crippen LogP contribution in [0.3, 0.4) is 0 Å². The van der Waals surface area contributed by atoms with Gasteiger partial charge in [0.05, 0.1) is 6.54 Å². The number of halogens is 1. The third-order valence-corrected chi connectivity index (χ3v) is 4.59. The highest BCUT2D eigenvalue weighted by molar-refractivity contribution is 8.14. The number of carbonyl (C=O) groups excluding carboxylic acids is 1. The molecule has 1 saturated heterocycles. The minimum Gasteiger partial charge on any atom is -0.464 e. The Kier molecular flexibility index (Phi) is 3.18. The second-order valence-corrected chi connectivity index (χ2v) is 7.00. The number of likely N-dealkylation sites (tertiary alicyclic amines) is 1. The lowest BCUT2D eigenvalue weighted by Gasteiger charge is -2.13. The van der Waals surface area contributed by atoms with Crippen LogP contribution in [0.4, 0.5) is 0 Å². The Morgan fingerprint density at radius 1 is 1.53 bits per heavy atom. The van der Waals surface area contributed by atoms with Gasteiger partial charge in [-0.15, -0.1) is 0 Å². The molecule has 0 aliphatic carbocycles. The van der Waals surface area contributed by atoms with Crippen LogP contribution in [0.2, 0.25) is 0 Å². The topological polar surface area (TPSA) is 67.6 Å². The van der Waals surface area contributed by atoms with Crippen molar-refractivity contribution < 1.29 is 17.6 Å². The van der Waals surface area contributed by atoms with Crippen molar-refractivity contribution in [3.63, 3.8) is 0 Å². The SMILES string of the molecule is Cc1ccc(CN2CC(S(=O)(=O)Cl)CC2=O)o1. The number of hydrogen-bond acceptors (Lipinski definition) is 4. The maximum Gasteiger partial charge on any atom is 0.237 e. The minimum absolute atomic E-state index is 0.0501. The van der Waals surface area contributed by atoms with Crippen molar-refractivity contribution >= 4 is 25.6 Å². The molecule has 1 atom stereocenters. The first-order valence-corrected chi connectivity index (χ1v) is 7.50. The van der Waals surface area contributed by atoms with Crippen LogP contribution in [-0.4, -0.2) is 31.0 Å². The molecule has 7 heteroatoms. The maximum absolute atomic E-state index is 11.6. The lowest BCUT2D eigenvalue weighted by atomic mass is 10.4. The van der Waals surface area contributed by atoms with Crippen molar-refractivity contribution in [2.45, 2.75) is 25.1 Å². The molecule has 0 aromatic carbocycles. The van der Waals surface area contributed by atoms with Gasteiger partial charge in [-0.2, -0.15) is 0 Å². The van der Waals surface area contributed by atoms with Gasteiger partial charge in [-0.05, 0) is 19.1 Å². The van der Waals surface area contributed by atoms with Gasteiger partial charge >= 0.3 is 0 Å². The van der Waals surface area contributed by atoms with Gasteiger partial charge in [0.15, 0.2) is 0 Å². The Morgan fingerprint density at radius 3 is 2.71 bits per heavy atom. The van der Waals surface area contributed by atoms with E-state index in [2.05, 4.69) is 0 Å². The van der Waals surface area contributed by atoms with E-state index < -0.39 is 14.3 Å². The highest BCUT2D eigenvalue weighted by atomic mass is 35.7. The van der Waals surface area contributed by atoms with Crippen LogP contribution in [0.15, 0.2) is 16.5 Å². The molecule has 0 radical (unpaired) electrons. The molecule has 0 saturated carbocycles. The summed E-state index contributed by atoms with van der Waals surface area (Å²) in [7, 11) is 1.57. The summed E-state index contributed by atoms with van der Waals surface area (Å²) in [5, 5.41) is -0.812. The van der Waals surface area contributed by atoms with Crippen LogP contribution in [-0.2, 0) is 20.4 Å². The average Bonchev–Trinajstić information content (AvgIpc) is 2.74. The number of carbonyl (C=O) groups is 1. The Balaban J connectivity index is 2.07. The number of furan rings is 1. The Bertz CT molecular complexity index is 536. The smallest absolute Gasteiger partial charge is 0.237 e. The third-order valence-electron chi connectivity index (χ3n) is 2.72. The van der Waals surface area contributed by atoms with E-state index in [0.29, 0.717) is 5.76 Å². The van der Waals surface area contributed by atoms with E-state index in [4.69, 9.17) is 15.1 Å². The van der Waals surface area contributed by atoms with Gasteiger partial charge in [0.1, 0.15) is 16.8 Å². The average molecular weight is 278 g/mol. The standard InChI is InChI=1S/C10H12ClNO4S/c1-7-2-3-8(16-7)5-12-6-9(4-10(12)13)17(11,14)15/h2-3,9H,4-6H2,1H3. The molecular formula is C10H12ClNO4S. The lowest BCUT2D eigenvalue weighted by molar-refractivity contribution is -0.128. The summed E-state index contributed by atoms with van der Waals surface area (Å²) >= 11 is 0. The number of hydrogen-bond donors (Lipinski definition) is 0. The van der Waals surface area contributed by atoms with E-state index >= 15 is 0 Å². The van der Waals surface area contributed by atoms with E-state index in [0.717, 1.165) is 5.76 Å². The summed E-state index contributed by atoms with van der Waals surface area (Å²) in [4.78, 5) is 13.1. The summed E-state index contributed by atoms with van der Waals surface area (Å²) in [5.41, 5.74) is 0. The van der Waals surface area contributed by atoms with E-state index in [1.54, 1.807) is 19.1 Å². The van der Waals surface area contributed by atoms with Gasteiger partial charge in [-0.25, -0.2) is 8.42 Å². The molecule has 1 fully saturated rings. The molecule has 0 bridgehead atoms. The van der Waals surface area contributed by atoms with Gasteiger partial charge in [0.25, 0.3) is 0 Å². The van der Waals surface area contributed by atoms with Crippen LogP contribution in [0.5, 0.6) is 0 Å². The zero-order valence-corrected chi connectivity index (χ0v) is 10.8. The normalized spacial score (nSPS) is 21.2. The number of rotatable bonds is 3. The molecule has 1 aliphatic rings. The van der Waals surface area contributed by atoms with Gasteiger partial charge in [0, 0.05) is 23.6 Å². The number of amides is 1. The molecule has 1 aromatic rings. The first kappa shape index (κ1) is 12.4. The van der Waals surface area contributed by atoms with E-state index in [1.807, 2.05) is 0 Å². The van der Waals surface area contributed by atoms with Crippen LogP contribution in [0.1, 0.15) is 17.9 Å².